The van der Waals surface area contributed by atoms with Gasteiger partial charge in [-0.05, 0) is 6.92 Å². The van der Waals surface area contributed by atoms with Crippen molar-refractivity contribution in [3.63, 3.8) is 0 Å². The average Bonchev–Trinajstić information content (AvgIpc) is 2.34. The van der Waals surface area contributed by atoms with Gasteiger partial charge in [0.15, 0.2) is 0 Å². The van der Waals surface area contributed by atoms with Gasteiger partial charge in [-0.3, -0.25) is 4.68 Å². The van der Waals surface area contributed by atoms with E-state index in [1.807, 2.05) is 6.07 Å². The zero-order valence-corrected chi connectivity index (χ0v) is 6.21. The number of aromatic nitrogens is 2. The minimum Gasteiger partial charge on any atom is -0.254 e. The van der Waals surface area contributed by atoms with Gasteiger partial charge >= 0.3 is 0 Å². The summed E-state index contributed by atoms with van der Waals surface area (Å²) in [5, 5.41) is 12.8. The molecular weight excluding hydrogens is 150 g/mol. The molecule has 0 bridgehead atoms. The number of nitrogens with zero attached hydrogens (tertiary/aromatic N) is 3. The normalized spacial score (nSPS) is 12.5. The number of nitriles is 1. The van der Waals surface area contributed by atoms with E-state index < -0.39 is 0 Å². The van der Waals surface area contributed by atoms with Gasteiger partial charge in [-0.15, -0.1) is 0 Å². The van der Waals surface area contributed by atoms with E-state index in [1.165, 1.54) is 10.9 Å². The van der Waals surface area contributed by atoms with Crippen molar-refractivity contribution < 1.29 is 0 Å². The van der Waals surface area contributed by atoms with E-state index in [0.29, 0.717) is 5.02 Å². The second-order valence-electron chi connectivity index (χ2n) is 1.94. The van der Waals surface area contributed by atoms with Crippen LogP contribution < -0.4 is 0 Å². The highest BCUT2D eigenvalue weighted by atomic mass is 35.5. The largest absolute Gasteiger partial charge is 0.254 e. The molecule has 1 rings (SSSR count). The highest BCUT2D eigenvalue weighted by Crippen LogP contribution is 2.09. The van der Waals surface area contributed by atoms with Gasteiger partial charge in [-0.2, -0.15) is 10.4 Å². The van der Waals surface area contributed by atoms with Crippen molar-refractivity contribution in [2.45, 2.75) is 13.0 Å². The molecule has 1 aromatic rings. The van der Waals surface area contributed by atoms with Gasteiger partial charge < -0.3 is 0 Å². The Morgan fingerprint density at radius 1 is 1.90 bits per heavy atom. The van der Waals surface area contributed by atoms with E-state index in [0.717, 1.165) is 0 Å². The average molecular weight is 156 g/mol. The van der Waals surface area contributed by atoms with Gasteiger partial charge in [0, 0.05) is 6.20 Å². The third kappa shape index (κ3) is 1.28. The van der Waals surface area contributed by atoms with Gasteiger partial charge in [0.2, 0.25) is 0 Å². The Bertz CT molecular complexity index is 260. The Morgan fingerprint density at radius 3 is 3.00 bits per heavy atom. The quantitative estimate of drug-likeness (QED) is 0.619. The van der Waals surface area contributed by atoms with Crippen LogP contribution in [0.5, 0.6) is 0 Å². The van der Waals surface area contributed by atoms with E-state index >= 15 is 0 Å². The predicted molar refractivity (Wildman–Crippen MR) is 37.6 cm³/mol. The van der Waals surface area contributed by atoms with Crippen LogP contribution in [0.1, 0.15) is 13.0 Å². The van der Waals surface area contributed by atoms with E-state index in [4.69, 9.17) is 16.9 Å². The summed E-state index contributed by atoms with van der Waals surface area (Å²) in [6.07, 6.45) is 3.13. The Labute approximate surface area is 63.8 Å². The second-order valence-corrected chi connectivity index (χ2v) is 2.38. The first-order valence-corrected chi connectivity index (χ1v) is 3.21. The lowest BCUT2D eigenvalue weighted by Crippen LogP contribution is -2.01. The molecular formula is C6H6ClN3. The lowest BCUT2D eigenvalue weighted by molar-refractivity contribution is 0.591. The van der Waals surface area contributed by atoms with E-state index in [-0.39, 0.29) is 6.04 Å². The topological polar surface area (TPSA) is 41.6 Å². The molecule has 1 atom stereocenters. The minimum atomic E-state index is -0.243. The summed E-state index contributed by atoms with van der Waals surface area (Å²) in [7, 11) is 0. The molecule has 10 heavy (non-hydrogen) atoms. The molecule has 0 aliphatic heterocycles. The fourth-order valence-corrected chi connectivity index (χ4v) is 0.729. The molecule has 0 amide bonds. The monoisotopic (exact) mass is 155 g/mol. The Hall–Kier alpha value is -1.01. The minimum absolute atomic E-state index is 0.243. The van der Waals surface area contributed by atoms with Gasteiger partial charge in [0.1, 0.15) is 6.04 Å². The van der Waals surface area contributed by atoms with Crippen molar-refractivity contribution in [1.29, 1.82) is 5.26 Å². The zero-order valence-electron chi connectivity index (χ0n) is 5.45. The van der Waals surface area contributed by atoms with Crippen LogP contribution in [-0.4, -0.2) is 9.78 Å². The maximum Gasteiger partial charge on any atom is 0.135 e. The van der Waals surface area contributed by atoms with Crippen LogP contribution >= 0.6 is 11.6 Å². The van der Waals surface area contributed by atoms with Crippen LogP contribution in [0, 0.1) is 11.3 Å². The Morgan fingerprint density at radius 2 is 2.60 bits per heavy atom. The summed E-state index contributed by atoms with van der Waals surface area (Å²) in [5.41, 5.74) is 0. The fraction of sp³-hybridized carbons (Fsp3) is 0.333. The molecule has 0 saturated heterocycles. The molecule has 4 heteroatoms. The highest BCUT2D eigenvalue weighted by molar-refractivity contribution is 6.30. The molecule has 3 nitrogen and oxygen atoms in total. The van der Waals surface area contributed by atoms with E-state index in [9.17, 15) is 0 Å². The maximum atomic E-state index is 8.44. The number of rotatable bonds is 1. The first-order valence-electron chi connectivity index (χ1n) is 2.83. The molecule has 0 aromatic carbocycles. The third-order valence-electron chi connectivity index (χ3n) is 1.15. The fourth-order valence-electron chi connectivity index (χ4n) is 0.586. The molecule has 0 radical (unpaired) electrons. The zero-order chi connectivity index (χ0) is 7.56. The Balaban J connectivity index is 2.87. The van der Waals surface area contributed by atoms with Crippen molar-refractivity contribution in [2.24, 2.45) is 0 Å². The summed E-state index contributed by atoms with van der Waals surface area (Å²) < 4.78 is 1.52. The van der Waals surface area contributed by atoms with Crippen LogP contribution in [0.3, 0.4) is 0 Å². The first-order chi connectivity index (χ1) is 4.74. The van der Waals surface area contributed by atoms with Crippen molar-refractivity contribution in [2.75, 3.05) is 0 Å². The van der Waals surface area contributed by atoms with Crippen molar-refractivity contribution in [1.82, 2.24) is 9.78 Å². The van der Waals surface area contributed by atoms with Gasteiger partial charge in [-0.1, -0.05) is 11.6 Å². The lowest BCUT2D eigenvalue weighted by Gasteiger charge is -1.98. The van der Waals surface area contributed by atoms with Crippen LogP contribution in [0.25, 0.3) is 0 Å². The molecule has 0 aliphatic rings. The third-order valence-corrected chi connectivity index (χ3v) is 1.35. The standard InChI is InChI=1S/C6H6ClN3/c1-5(2-8)10-4-6(7)3-9-10/h3-5H,1H3/t5-/m1/s1. The van der Waals surface area contributed by atoms with Crippen molar-refractivity contribution in [3.8, 4) is 6.07 Å². The lowest BCUT2D eigenvalue weighted by atomic mass is 10.4. The van der Waals surface area contributed by atoms with Crippen molar-refractivity contribution in [3.05, 3.63) is 17.4 Å². The van der Waals surface area contributed by atoms with E-state index in [2.05, 4.69) is 5.10 Å². The highest BCUT2D eigenvalue weighted by Gasteiger charge is 2.01. The van der Waals surface area contributed by atoms with Crippen LogP contribution in [0.2, 0.25) is 5.02 Å². The molecule has 1 heterocycles. The SMILES string of the molecule is C[C@H](C#N)n1cc(Cl)cn1. The maximum absolute atomic E-state index is 8.44. The molecule has 0 unspecified atom stereocenters. The smallest absolute Gasteiger partial charge is 0.135 e. The van der Waals surface area contributed by atoms with Crippen LogP contribution in [0.4, 0.5) is 0 Å². The van der Waals surface area contributed by atoms with Crippen LogP contribution in [-0.2, 0) is 0 Å². The summed E-state index contributed by atoms with van der Waals surface area (Å²) in [4.78, 5) is 0. The number of hydrogen-bond donors (Lipinski definition) is 0. The summed E-state index contributed by atoms with van der Waals surface area (Å²) in [5.74, 6) is 0. The van der Waals surface area contributed by atoms with Crippen molar-refractivity contribution >= 4 is 11.6 Å². The first kappa shape index (κ1) is 7.10. The number of halogens is 1. The van der Waals surface area contributed by atoms with Gasteiger partial charge in [0.25, 0.3) is 0 Å². The van der Waals surface area contributed by atoms with Crippen LogP contribution in [0.15, 0.2) is 12.4 Å². The van der Waals surface area contributed by atoms with Gasteiger partial charge in [-0.25, -0.2) is 0 Å². The summed E-state index contributed by atoms with van der Waals surface area (Å²) in [6, 6.07) is 1.79. The molecule has 1 aromatic heterocycles. The second kappa shape index (κ2) is 2.72. The van der Waals surface area contributed by atoms with Gasteiger partial charge in [0.05, 0.1) is 17.3 Å². The Kier molecular flexibility index (Phi) is 1.93. The predicted octanol–water partition coefficient (Wildman–Crippen LogP) is 1.62. The molecule has 0 saturated carbocycles. The molecule has 0 spiro atoms. The number of hydrogen-bond acceptors (Lipinski definition) is 2. The summed E-state index contributed by atoms with van der Waals surface area (Å²) >= 11 is 5.57. The van der Waals surface area contributed by atoms with E-state index in [1.54, 1.807) is 13.1 Å². The molecule has 52 valence electrons. The summed E-state index contributed by atoms with van der Waals surface area (Å²) in [6.45, 7) is 1.75. The molecule has 0 aliphatic carbocycles. The molecule has 0 fully saturated rings. The molecule has 0 N–H and O–H groups in total.